The summed E-state index contributed by atoms with van der Waals surface area (Å²) in [4.78, 5) is 0. The van der Waals surface area contributed by atoms with Gasteiger partial charge >= 0.3 is 0 Å². The second kappa shape index (κ2) is 6.11. The standard InChI is InChI=1S/C19H24/c1-4-12-19(13-6-7-14-19)15-16(3)18-10-8-17(5-2)9-11-18/h2,8-11H,3-4,6-7,12-15H2,1H3. The second-order valence-corrected chi connectivity index (χ2v) is 5.96. The number of terminal acetylenes is 1. The number of hydrogen-bond donors (Lipinski definition) is 0. The fourth-order valence-electron chi connectivity index (χ4n) is 3.53. The maximum Gasteiger partial charge on any atom is 0.0243 e. The van der Waals surface area contributed by atoms with Crippen molar-refractivity contribution in [1.29, 1.82) is 0 Å². The molecular formula is C19H24. The van der Waals surface area contributed by atoms with E-state index < -0.39 is 0 Å². The second-order valence-electron chi connectivity index (χ2n) is 5.96. The predicted octanol–water partition coefficient (Wildman–Crippen LogP) is 5.43. The van der Waals surface area contributed by atoms with Crippen LogP contribution in [-0.2, 0) is 0 Å². The molecule has 0 bridgehead atoms. The van der Waals surface area contributed by atoms with Gasteiger partial charge in [-0.2, -0.15) is 0 Å². The summed E-state index contributed by atoms with van der Waals surface area (Å²) in [6.07, 6.45) is 14.7. The van der Waals surface area contributed by atoms with Gasteiger partial charge in [-0.1, -0.05) is 50.8 Å². The van der Waals surface area contributed by atoms with E-state index in [4.69, 9.17) is 6.42 Å². The van der Waals surface area contributed by atoms with Gasteiger partial charge in [0.25, 0.3) is 0 Å². The third-order valence-electron chi connectivity index (χ3n) is 4.49. The summed E-state index contributed by atoms with van der Waals surface area (Å²) in [6, 6.07) is 8.27. The highest BCUT2D eigenvalue weighted by Crippen LogP contribution is 2.47. The molecule has 100 valence electrons. The van der Waals surface area contributed by atoms with Crippen molar-refractivity contribution in [2.75, 3.05) is 0 Å². The molecule has 19 heavy (non-hydrogen) atoms. The van der Waals surface area contributed by atoms with Gasteiger partial charge in [0.05, 0.1) is 0 Å². The fourth-order valence-corrected chi connectivity index (χ4v) is 3.53. The van der Waals surface area contributed by atoms with Crippen LogP contribution in [0.5, 0.6) is 0 Å². The minimum absolute atomic E-state index is 0.524. The molecule has 1 aliphatic carbocycles. The van der Waals surface area contributed by atoms with Crippen molar-refractivity contribution in [2.24, 2.45) is 5.41 Å². The van der Waals surface area contributed by atoms with E-state index in [0.717, 1.165) is 12.0 Å². The normalized spacial score (nSPS) is 17.1. The van der Waals surface area contributed by atoms with Gasteiger partial charge in [0, 0.05) is 5.56 Å². The molecule has 0 atom stereocenters. The highest BCUT2D eigenvalue weighted by Gasteiger charge is 2.33. The molecule has 0 aromatic heterocycles. The molecule has 2 rings (SSSR count). The first-order chi connectivity index (χ1) is 9.19. The summed E-state index contributed by atoms with van der Waals surface area (Å²) in [5, 5.41) is 0. The topological polar surface area (TPSA) is 0 Å². The van der Waals surface area contributed by atoms with E-state index in [1.54, 1.807) is 0 Å². The number of benzene rings is 1. The summed E-state index contributed by atoms with van der Waals surface area (Å²) < 4.78 is 0. The van der Waals surface area contributed by atoms with E-state index in [9.17, 15) is 0 Å². The first-order valence-electron chi connectivity index (χ1n) is 7.44. The largest absolute Gasteiger partial charge is 0.115 e. The molecular weight excluding hydrogens is 228 g/mol. The first-order valence-corrected chi connectivity index (χ1v) is 7.44. The predicted molar refractivity (Wildman–Crippen MR) is 83.8 cm³/mol. The van der Waals surface area contributed by atoms with Crippen molar-refractivity contribution in [2.45, 2.75) is 51.9 Å². The molecule has 0 heteroatoms. The molecule has 0 radical (unpaired) electrons. The van der Waals surface area contributed by atoms with E-state index in [2.05, 4.69) is 31.6 Å². The zero-order valence-electron chi connectivity index (χ0n) is 12.0. The van der Waals surface area contributed by atoms with Gasteiger partial charge in [-0.3, -0.25) is 0 Å². The van der Waals surface area contributed by atoms with E-state index in [-0.39, 0.29) is 0 Å². The van der Waals surface area contributed by atoms with Crippen molar-refractivity contribution in [3.8, 4) is 12.3 Å². The number of rotatable bonds is 5. The van der Waals surface area contributed by atoms with Crippen LogP contribution in [0.15, 0.2) is 30.8 Å². The van der Waals surface area contributed by atoms with E-state index in [1.165, 1.54) is 49.7 Å². The van der Waals surface area contributed by atoms with Crippen LogP contribution in [0.25, 0.3) is 5.57 Å². The fraction of sp³-hybridized carbons (Fsp3) is 0.474. The molecule has 1 aromatic rings. The zero-order valence-corrected chi connectivity index (χ0v) is 12.0. The van der Waals surface area contributed by atoms with Gasteiger partial charge in [0.1, 0.15) is 0 Å². The van der Waals surface area contributed by atoms with E-state index >= 15 is 0 Å². The smallest absolute Gasteiger partial charge is 0.0243 e. The third kappa shape index (κ3) is 3.29. The van der Waals surface area contributed by atoms with Crippen LogP contribution in [0, 0.1) is 17.8 Å². The maximum absolute atomic E-state index is 5.40. The minimum Gasteiger partial charge on any atom is -0.115 e. The Bertz CT molecular complexity index is 464. The SMILES string of the molecule is C#Cc1ccc(C(=C)CC2(CCC)CCCC2)cc1. The Morgan fingerprint density at radius 2 is 1.89 bits per heavy atom. The van der Waals surface area contributed by atoms with E-state index in [1.807, 2.05) is 12.1 Å². The molecule has 1 aliphatic rings. The van der Waals surface area contributed by atoms with Crippen LogP contribution in [0.1, 0.15) is 63.0 Å². The number of hydrogen-bond acceptors (Lipinski definition) is 0. The van der Waals surface area contributed by atoms with Crippen LogP contribution in [0.3, 0.4) is 0 Å². The summed E-state index contributed by atoms with van der Waals surface area (Å²) in [7, 11) is 0. The lowest BCUT2D eigenvalue weighted by Crippen LogP contribution is -2.16. The molecule has 0 heterocycles. The van der Waals surface area contributed by atoms with Gasteiger partial charge in [-0.25, -0.2) is 0 Å². The Morgan fingerprint density at radius 1 is 1.26 bits per heavy atom. The molecule has 0 nitrogen and oxygen atoms in total. The van der Waals surface area contributed by atoms with Gasteiger partial charge < -0.3 is 0 Å². The molecule has 1 aromatic carbocycles. The number of allylic oxidation sites excluding steroid dienone is 1. The van der Waals surface area contributed by atoms with Gasteiger partial charge in [-0.05, 0) is 54.4 Å². The molecule has 0 amide bonds. The lowest BCUT2D eigenvalue weighted by Gasteiger charge is -2.29. The Kier molecular flexibility index (Phi) is 4.48. The highest BCUT2D eigenvalue weighted by molar-refractivity contribution is 5.64. The van der Waals surface area contributed by atoms with Crippen molar-refractivity contribution in [3.05, 3.63) is 42.0 Å². The monoisotopic (exact) mass is 252 g/mol. The van der Waals surface area contributed by atoms with Crippen LogP contribution in [0.4, 0.5) is 0 Å². The van der Waals surface area contributed by atoms with Crippen molar-refractivity contribution in [3.63, 3.8) is 0 Å². The lowest BCUT2D eigenvalue weighted by atomic mass is 9.75. The van der Waals surface area contributed by atoms with E-state index in [0.29, 0.717) is 5.41 Å². The van der Waals surface area contributed by atoms with Gasteiger partial charge in [0.2, 0.25) is 0 Å². The first kappa shape index (κ1) is 13.9. The minimum atomic E-state index is 0.524. The third-order valence-corrected chi connectivity index (χ3v) is 4.49. The van der Waals surface area contributed by atoms with Crippen LogP contribution in [0.2, 0.25) is 0 Å². The van der Waals surface area contributed by atoms with Crippen LogP contribution < -0.4 is 0 Å². The average molecular weight is 252 g/mol. The molecule has 0 unspecified atom stereocenters. The molecule has 0 saturated heterocycles. The highest BCUT2D eigenvalue weighted by atomic mass is 14.4. The zero-order chi connectivity index (χ0) is 13.7. The Hall–Kier alpha value is -1.48. The maximum atomic E-state index is 5.40. The van der Waals surface area contributed by atoms with Crippen molar-refractivity contribution < 1.29 is 0 Å². The van der Waals surface area contributed by atoms with Crippen molar-refractivity contribution in [1.82, 2.24) is 0 Å². The Labute approximate surface area is 117 Å². The molecule has 0 N–H and O–H groups in total. The molecule has 0 aliphatic heterocycles. The lowest BCUT2D eigenvalue weighted by molar-refractivity contribution is 0.277. The van der Waals surface area contributed by atoms with Gasteiger partial charge in [-0.15, -0.1) is 6.42 Å². The van der Waals surface area contributed by atoms with Crippen LogP contribution >= 0.6 is 0 Å². The summed E-state index contributed by atoms with van der Waals surface area (Å²) in [5.41, 5.74) is 4.00. The van der Waals surface area contributed by atoms with Gasteiger partial charge in [0.15, 0.2) is 0 Å². The Morgan fingerprint density at radius 3 is 2.42 bits per heavy atom. The van der Waals surface area contributed by atoms with Crippen LogP contribution in [-0.4, -0.2) is 0 Å². The summed E-state index contributed by atoms with van der Waals surface area (Å²) in [5.74, 6) is 2.66. The Balaban J connectivity index is 2.08. The molecule has 1 fully saturated rings. The summed E-state index contributed by atoms with van der Waals surface area (Å²) in [6.45, 7) is 6.62. The summed E-state index contributed by atoms with van der Waals surface area (Å²) >= 11 is 0. The average Bonchev–Trinajstić information content (AvgIpc) is 2.87. The quantitative estimate of drug-likeness (QED) is 0.613. The van der Waals surface area contributed by atoms with Crippen molar-refractivity contribution >= 4 is 5.57 Å². The molecule has 1 saturated carbocycles. The molecule has 0 spiro atoms.